The number of hydrogen-bond acceptors (Lipinski definition) is 4. The fraction of sp³-hybridized carbons (Fsp3) is 0.118. The Hall–Kier alpha value is -2.38. The quantitative estimate of drug-likeness (QED) is 0.391. The molecule has 25 heavy (non-hydrogen) atoms. The molecular weight excluding hydrogens is 408 g/mol. The highest BCUT2D eigenvalue weighted by Gasteiger charge is 2.10. The zero-order valence-electron chi connectivity index (χ0n) is 13.3. The molecule has 0 atom stereocenters. The summed E-state index contributed by atoms with van der Waals surface area (Å²) in [4.78, 5) is 22.9. The van der Waals surface area contributed by atoms with Crippen LogP contribution in [0.5, 0.6) is 0 Å². The molecule has 2 amide bonds. The first-order valence-electron chi connectivity index (χ1n) is 7.43. The third kappa shape index (κ3) is 5.88. The van der Waals surface area contributed by atoms with Crippen molar-refractivity contribution in [2.75, 3.05) is 11.9 Å². The summed E-state index contributed by atoms with van der Waals surface area (Å²) in [5.41, 5.74) is 4.55. The number of benzene rings is 2. The number of rotatable bonds is 5. The average molecular weight is 424 g/mol. The van der Waals surface area contributed by atoms with Gasteiger partial charge in [-0.15, -0.1) is 0 Å². The Morgan fingerprint density at radius 1 is 1.16 bits per heavy atom. The van der Waals surface area contributed by atoms with E-state index in [-0.39, 0.29) is 0 Å². The third-order valence-corrected chi connectivity index (χ3v) is 3.80. The highest BCUT2D eigenvalue weighted by molar-refractivity contribution is 9.10. The van der Waals surface area contributed by atoms with Crippen molar-refractivity contribution in [3.8, 4) is 0 Å². The van der Waals surface area contributed by atoms with Crippen LogP contribution in [0, 0.1) is 0 Å². The second-order valence-corrected chi connectivity index (χ2v) is 6.27. The van der Waals surface area contributed by atoms with E-state index in [1.165, 1.54) is 6.21 Å². The van der Waals surface area contributed by atoms with E-state index in [9.17, 15) is 9.59 Å². The molecule has 6 nitrogen and oxygen atoms in total. The van der Waals surface area contributed by atoms with Crippen LogP contribution in [0.1, 0.15) is 12.5 Å². The Morgan fingerprint density at radius 3 is 2.56 bits per heavy atom. The Bertz CT molecular complexity index is 794. The predicted octanol–water partition coefficient (Wildman–Crippen LogP) is 3.43. The second kappa shape index (κ2) is 9.19. The second-order valence-electron chi connectivity index (χ2n) is 4.92. The molecule has 130 valence electrons. The van der Waals surface area contributed by atoms with Crippen molar-refractivity contribution in [1.29, 1.82) is 0 Å². The summed E-state index contributed by atoms with van der Waals surface area (Å²) in [7, 11) is 0. The van der Waals surface area contributed by atoms with E-state index in [2.05, 4.69) is 37.1 Å². The van der Waals surface area contributed by atoms with E-state index in [1.807, 2.05) is 30.3 Å². The van der Waals surface area contributed by atoms with Gasteiger partial charge in [0.2, 0.25) is 0 Å². The molecule has 0 aliphatic carbocycles. The standard InChI is InChI=1S/C17H16BrClN4O2/c1-2-20-16(24)17(25)23-21-10-11-9-12(18)3-8-15(11)22-14-6-4-13(19)5-7-14/h3-10,22H,2H2,1H3,(H,20,24)(H,23,25)/b21-10+. The van der Waals surface area contributed by atoms with Gasteiger partial charge in [0, 0.05) is 33.0 Å². The van der Waals surface area contributed by atoms with Crippen LogP contribution in [-0.2, 0) is 9.59 Å². The minimum absolute atomic E-state index is 0.372. The monoisotopic (exact) mass is 422 g/mol. The van der Waals surface area contributed by atoms with Crippen LogP contribution in [0.15, 0.2) is 52.0 Å². The first kappa shape index (κ1) is 19.0. The maximum atomic E-state index is 11.5. The van der Waals surface area contributed by atoms with Gasteiger partial charge < -0.3 is 10.6 Å². The van der Waals surface area contributed by atoms with Gasteiger partial charge >= 0.3 is 11.8 Å². The van der Waals surface area contributed by atoms with Crippen molar-refractivity contribution < 1.29 is 9.59 Å². The first-order chi connectivity index (χ1) is 12.0. The zero-order chi connectivity index (χ0) is 18.2. The molecule has 0 heterocycles. The average Bonchev–Trinajstić information content (AvgIpc) is 2.59. The van der Waals surface area contributed by atoms with E-state index in [4.69, 9.17) is 11.6 Å². The van der Waals surface area contributed by atoms with Gasteiger partial charge in [-0.05, 0) is 49.4 Å². The molecule has 0 spiro atoms. The molecule has 0 radical (unpaired) electrons. The number of halogens is 2. The van der Waals surface area contributed by atoms with Crippen LogP contribution in [0.25, 0.3) is 0 Å². The lowest BCUT2D eigenvalue weighted by atomic mass is 10.2. The normalized spacial score (nSPS) is 10.5. The van der Waals surface area contributed by atoms with Crippen LogP contribution in [0.4, 0.5) is 11.4 Å². The first-order valence-corrected chi connectivity index (χ1v) is 8.60. The minimum Gasteiger partial charge on any atom is -0.355 e. The molecule has 0 unspecified atom stereocenters. The van der Waals surface area contributed by atoms with Crippen LogP contribution < -0.4 is 16.1 Å². The van der Waals surface area contributed by atoms with Crippen LogP contribution >= 0.6 is 27.5 Å². The van der Waals surface area contributed by atoms with Crippen molar-refractivity contribution in [2.45, 2.75) is 6.92 Å². The summed E-state index contributed by atoms with van der Waals surface area (Å²) in [6, 6.07) is 12.8. The van der Waals surface area contributed by atoms with Gasteiger partial charge in [0.05, 0.1) is 6.21 Å². The summed E-state index contributed by atoms with van der Waals surface area (Å²) in [5.74, 6) is -1.55. The number of hydrogen-bond donors (Lipinski definition) is 3. The summed E-state index contributed by atoms with van der Waals surface area (Å²) in [6.45, 7) is 2.10. The SMILES string of the molecule is CCNC(=O)C(=O)N/N=C/c1cc(Br)ccc1Nc1ccc(Cl)cc1. The maximum Gasteiger partial charge on any atom is 0.329 e. The highest BCUT2D eigenvalue weighted by atomic mass is 79.9. The summed E-state index contributed by atoms with van der Waals surface area (Å²) in [5, 5.41) is 10.1. The largest absolute Gasteiger partial charge is 0.355 e. The summed E-state index contributed by atoms with van der Waals surface area (Å²) >= 11 is 9.28. The Balaban J connectivity index is 2.12. The van der Waals surface area contributed by atoms with Gasteiger partial charge in [0.15, 0.2) is 0 Å². The molecular formula is C17H16BrClN4O2. The lowest BCUT2D eigenvalue weighted by molar-refractivity contribution is -0.139. The number of nitrogens with zero attached hydrogens (tertiary/aromatic N) is 1. The zero-order valence-corrected chi connectivity index (χ0v) is 15.7. The van der Waals surface area contributed by atoms with E-state index < -0.39 is 11.8 Å². The van der Waals surface area contributed by atoms with E-state index in [0.717, 1.165) is 21.4 Å². The molecule has 0 aliphatic heterocycles. The molecule has 0 fully saturated rings. The number of anilines is 2. The van der Waals surface area contributed by atoms with E-state index in [0.29, 0.717) is 11.6 Å². The van der Waals surface area contributed by atoms with Crippen molar-refractivity contribution >= 4 is 56.9 Å². The lowest BCUT2D eigenvalue weighted by Crippen LogP contribution is -2.37. The topological polar surface area (TPSA) is 82.6 Å². The molecule has 0 aromatic heterocycles. The highest BCUT2D eigenvalue weighted by Crippen LogP contribution is 2.24. The number of likely N-dealkylation sites (N-methyl/N-ethyl adjacent to an activating group) is 1. The van der Waals surface area contributed by atoms with Gasteiger partial charge in [-0.25, -0.2) is 5.43 Å². The smallest absolute Gasteiger partial charge is 0.329 e. The van der Waals surface area contributed by atoms with Crippen LogP contribution in [-0.4, -0.2) is 24.6 Å². The number of carbonyl (C=O) groups is 2. The molecule has 2 aromatic rings. The molecule has 0 aliphatic rings. The predicted molar refractivity (Wildman–Crippen MR) is 103 cm³/mol. The van der Waals surface area contributed by atoms with E-state index >= 15 is 0 Å². The minimum atomic E-state index is -0.819. The van der Waals surface area contributed by atoms with Gasteiger partial charge in [0.1, 0.15) is 0 Å². The number of carbonyl (C=O) groups excluding carboxylic acids is 2. The molecule has 8 heteroatoms. The molecule has 2 rings (SSSR count). The van der Waals surface area contributed by atoms with Crippen LogP contribution in [0.3, 0.4) is 0 Å². The molecule has 0 saturated carbocycles. The Kier molecular flexibility index (Phi) is 6.97. The van der Waals surface area contributed by atoms with Gasteiger partial charge in [-0.2, -0.15) is 5.10 Å². The third-order valence-electron chi connectivity index (χ3n) is 3.05. The molecule has 3 N–H and O–H groups in total. The van der Waals surface area contributed by atoms with Gasteiger partial charge in [-0.3, -0.25) is 9.59 Å². The van der Waals surface area contributed by atoms with Crippen molar-refractivity contribution in [1.82, 2.24) is 10.7 Å². The van der Waals surface area contributed by atoms with E-state index in [1.54, 1.807) is 19.1 Å². The van der Waals surface area contributed by atoms with Gasteiger partial charge in [-0.1, -0.05) is 27.5 Å². The van der Waals surface area contributed by atoms with Crippen LogP contribution in [0.2, 0.25) is 5.02 Å². The summed E-state index contributed by atoms with van der Waals surface area (Å²) < 4.78 is 0.852. The van der Waals surface area contributed by atoms with Crippen molar-refractivity contribution in [3.63, 3.8) is 0 Å². The number of hydrazone groups is 1. The van der Waals surface area contributed by atoms with Crippen molar-refractivity contribution in [2.24, 2.45) is 5.10 Å². The van der Waals surface area contributed by atoms with Crippen molar-refractivity contribution in [3.05, 3.63) is 57.5 Å². The fourth-order valence-corrected chi connectivity index (χ4v) is 2.40. The fourth-order valence-electron chi connectivity index (χ4n) is 1.90. The maximum absolute atomic E-state index is 11.5. The Morgan fingerprint density at radius 2 is 1.88 bits per heavy atom. The molecule has 2 aromatic carbocycles. The molecule has 0 bridgehead atoms. The molecule has 0 saturated heterocycles. The number of amides is 2. The van der Waals surface area contributed by atoms with Gasteiger partial charge in [0.25, 0.3) is 0 Å². The Labute approximate surface area is 158 Å². The number of nitrogens with one attached hydrogen (secondary N) is 3. The lowest BCUT2D eigenvalue weighted by Gasteiger charge is -2.10. The summed E-state index contributed by atoms with van der Waals surface area (Å²) in [6.07, 6.45) is 1.46.